The van der Waals surface area contributed by atoms with Gasteiger partial charge in [0.05, 0.1) is 6.10 Å². The Hall–Kier alpha value is -0.0400. The zero-order valence-corrected chi connectivity index (χ0v) is 22.1. The van der Waals surface area contributed by atoms with Crippen molar-refractivity contribution in [2.24, 2.45) is 56.2 Å². The van der Waals surface area contributed by atoms with Crippen LogP contribution in [0.4, 0.5) is 0 Å². The molecule has 5 rings (SSSR count). The average Bonchev–Trinajstić information content (AvgIpc) is 2.69. The highest BCUT2D eigenvalue weighted by atomic mass is 16.3. The van der Waals surface area contributed by atoms with Crippen LogP contribution >= 0.6 is 0 Å². The van der Waals surface area contributed by atoms with Crippen LogP contribution < -0.4 is 0 Å². The van der Waals surface area contributed by atoms with Gasteiger partial charge in [0, 0.05) is 0 Å². The molecule has 0 radical (unpaired) electrons. The summed E-state index contributed by atoms with van der Waals surface area (Å²) in [6.07, 6.45) is 15.1. The Morgan fingerprint density at radius 3 is 1.90 bits per heavy atom. The molecule has 5 fully saturated rings. The summed E-state index contributed by atoms with van der Waals surface area (Å²) < 4.78 is 0. The van der Waals surface area contributed by atoms with Gasteiger partial charge in [-0.05, 0) is 127 Å². The maximum absolute atomic E-state index is 10.7. The van der Waals surface area contributed by atoms with Crippen molar-refractivity contribution in [3.05, 3.63) is 0 Å². The van der Waals surface area contributed by atoms with Crippen LogP contribution in [0, 0.1) is 56.2 Å². The molecule has 0 bridgehead atoms. The minimum Gasteiger partial charge on any atom is -0.393 e. The second-order valence-corrected chi connectivity index (χ2v) is 15.5. The molecule has 1 heteroatoms. The Balaban J connectivity index is 1.54. The average molecular weight is 429 g/mol. The Morgan fingerprint density at radius 2 is 1.19 bits per heavy atom. The van der Waals surface area contributed by atoms with E-state index in [0.29, 0.717) is 38.4 Å². The number of hydrogen-bond donors (Lipinski definition) is 1. The van der Waals surface area contributed by atoms with Crippen molar-refractivity contribution in [1.82, 2.24) is 0 Å². The topological polar surface area (TPSA) is 20.2 Å². The van der Waals surface area contributed by atoms with Gasteiger partial charge in [-0.25, -0.2) is 0 Å². The van der Waals surface area contributed by atoms with E-state index in [1.165, 1.54) is 64.2 Å². The number of aliphatic hydroxyl groups is 1. The molecule has 5 aliphatic rings. The fourth-order valence-corrected chi connectivity index (χ4v) is 11.4. The van der Waals surface area contributed by atoms with Gasteiger partial charge >= 0.3 is 0 Å². The van der Waals surface area contributed by atoms with E-state index in [0.717, 1.165) is 24.2 Å². The minimum atomic E-state index is -0.0781. The van der Waals surface area contributed by atoms with Crippen LogP contribution in [0.5, 0.6) is 0 Å². The van der Waals surface area contributed by atoms with Crippen LogP contribution in [-0.4, -0.2) is 11.2 Å². The molecular formula is C30H52O. The van der Waals surface area contributed by atoms with Crippen molar-refractivity contribution in [3.8, 4) is 0 Å². The zero-order valence-electron chi connectivity index (χ0n) is 22.1. The summed E-state index contributed by atoms with van der Waals surface area (Å²) in [6, 6.07) is 0. The summed E-state index contributed by atoms with van der Waals surface area (Å²) in [6.45, 7) is 20.9. The maximum atomic E-state index is 10.7. The molecule has 0 spiro atoms. The maximum Gasteiger partial charge on any atom is 0.0571 e. The predicted molar refractivity (Wildman–Crippen MR) is 131 cm³/mol. The fraction of sp³-hybridized carbons (Fsp3) is 1.00. The van der Waals surface area contributed by atoms with Crippen LogP contribution in [0.3, 0.4) is 0 Å². The summed E-state index contributed by atoms with van der Waals surface area (Å²) >= 11 is 0. The minimum absolute atomic E-state index is 0.0781. The van der Waals surface area contributed by atoms with Crippen LogP contribution in [-0.2, 0) is 0 Å². The van der Waals surface area contributed by atoms with Crippen LogP contribution in [0.15, 0.2) is 0 Å². The van der Waals surface area contributed by atoms with E-state index in [4.69, 9.17) is 0 Å². The first-order valence-corrected chi connectivity index (χ1v) is 13.9. The van der Waals surface area contributed by atoms with Gasteiger partial charge in [-0.1, -0.05) is 55.4 Å². The molecule has 0 saturated heterocycles. The van der Waals surface area contributed by atoms with E-state index in [-0.39, 0.29) is 6.10 Å². The Morgan fingerprint density at radius 1 is 0.581 bits per heavy atom. The van der Waals surface area contributed by atoms with Crippen LogP contribution in [0.1, 0.15) is 126 Å². The molecule has 1 nitrogen and oxygen atoms in total. The fourth-order valence-electron chi connectivity index (χ4n) is 11.4. The standard InChI is InChI=1S/C30H52O/c1-20-21(31)9-10-22-27(20,5)12-11-23-28(22,6)16-18-30(8)24-19-25(2,3)13-14-26(24,4)15-17-29(23,30)7/h20-24,31H,9-19H2,1-8H3/t20-,21-,22+,23+,24-,26+,27+,28+,29+,30-/m0/s1. The summed E-state index contributed by atoms with van der Waals surface area (Å²) in [4.78, 5) is 0. The summed E-state index contributed by atoms with van der Waals surface area (Å²) in [5, 5.41) is 10.7. The van der Waals surface area contributed by atoms with E-state index in [9.17, 15) is 5.11 Å². The molecular weight excluding hydrogens is 376 g/mol. The van der Waals surface area contributed by atoms with Gasteiger partial charge in [-0.2, -0.15) is 0 Å². The first-order chi connectivity index (χ1) is 14.2. The monoisotopic (exact) mass is 428 g/mol. The van der Waals surface area contributed by atoms with Gasteiger partial charge < -0.3 is 5.11 Å². The van der Waals surface area contributed by atoms with Crippen LogP contribution in [0.2, 0.25) is 0 Å². The lowest BCUT2D eigenvalue weighted by Gasteiger charge is -2.75. The normalized spacial score (nSPS) is 60.9. The molecule has 0 aromatic rings. The molecule has 0 heterocycles. The molecule has 178 valence electrons. The second kappa shape index (κ2) is 6.55. The molecule has 10 atom stereocenters. The molecule has 0 aromatic carbocycles. The Labute approximate surface area is 193 Å². The molecule has 5 saturated carbocycles. The van der Waals surface area contributed by atoms with Gasteiger partial charge in [0.2, 0.25) is 0 Å². The second-order valence-electron chi connectivity index (χ2n) is 15.5. The van der Waals surface area contributed by atoms with Gasteiger partial charge in [0.25, 0.3) is 0 Å². The largest absolute Gasteiger partial charge is 0.393 e. The number of rotatable bonds is 0. The third-order valence-electron chi connectivity index (χ3n) is 13.9. The van der Waals surface area contributed by atoms with Crippen molar-refractivity contribution in [2.75, 3.05) is 0 Å². The molecule has 0 aliphatic heterocycles. The molecule has 0 amide bonds. The van der Waals surface area contributed by atoms with E-state index in [1.807, 2.05) is 0 Å². The summed E-state index contributed by atoms with van der Waals surface area (Å²) in [5.41, 5.74) is 2.88. The molecule has 1 N–H and O–H groups in total. The van der Waals surface area contributed by atoms with Crippen molar-refractivity contribution in [1.29, 1.82) is 0 Å². The third kappa shape index (κ3) is 2.77. The predicted octanol–water partition coefficient (Wildman–Crippen LogP) is 8.25. The Kier molecular flexibility index (Phi) is 4.80. The van der Waals surface area contributed by atoms with Gasteiger partial charge in [0.15, 0.2) is 0 Å². The lowest BCUT2D eigenvalue weighted by Crippen LogP contribution is -2.67. The van der Waals surface area contributed by atoms with Gasteiger partial charge in [0.1, 0.15) is 0 Å². The number of fused-ring (bicyclic) bond motifs is 7. The third-order valence-corrected chi connectivity index (χ3v) is 13.9. The van der Waals surface area contributed by atoms with E-state index < -0.39 is 0 Å². The van der Waals surface area contributed by atoms with E-state index in [2.05, 4.69) is 55.4 Å². The van der Waals surface area contributed by atoms with Crippen molar-refractivity contribution in [2.45, 2.75) is 132 Å². The lowest BCUT2D eigenvalue weighted by atomic mass is 9.30. The number of hydrogen-bond acceptors (Lipinski definition) is 1. The number of aliphatic hydroxyl groups excluding tert-OH is 1. The molecule has 0 unspecified atom stereocenters. The van der Waals surface area contributed by atoms with Crippen molar-refractivity contribution < 1.29 is 5.11 Å². The SMILES string of the molecule is C[C@H]1[C@@H](O)CC[C@@H]2[C@]1(C)CC[C@@H]1[C@]2(C)CC[C@@]2(C)[C@H]3CC(C)(C)CC[C@]3(C)CC[C@]12C. The first-order valence-electron chi connectivity index (χ1n) is 13.9. The van der Waals surface area contributed by atoms with Gasteiger partial charge in [-0.3, -0.25) is 0 Å². The Bertz CT molecular complexity index is 741. The van der Waals surface area contributed by atoms with Crippen LogP contribution in [0.25, 0.3) is 0 Å². The highest BCUT2D eigenvalue weighted by Crippen LogP contribution is 2.78. The van der Waals surface area contributed by atoms with E-state index >= 15 is 0 Å². The highest BCUT2D eigenvalue weighted by Gasteiger charge is 2.70. The molecule has 5 aliphatic carbocycles. The highest BCUT2D eigenvalue weighted by molar-refractivity contribution is 5.19. The molecule has 31 heavy (non-hydrogen) atoms. The lowest BCUT2D eigenvalue weighted by molar-refractivity contribution is -0.263. The summed E-state index contributed by atoms with van der Waals surface area (Å²) in [5.74, 6) is 3.02. The quantitative estimate of drug-likeness (QED) is 0.412. The van der Waals surface area contributed by atoms with Crippen molar-refractivity contribution in [3.63, 3.8) is 0 Å². The first kappa shape index (κ1) is 22.7. The van der Waals surface area contributed by atoms with Gasteiger partial charge in [-0.15, -0.1) is 0 Å². The molecule has 0 aromatic heterocycles. The smallest absolute Gasteiger partial charge is 0.0571 e. The van der Waals surface area contributed by atoms with Crippen molar-refractivity contribution >= 4 is 0 Å². The summed E-state index contributed by atoms with van der Waals surface area (Å²) in [7, 11) is 0. The zero-order chi connectivity index (χ0) is 22.7. The van der Waals surface area contributed by atoms with E-state index in [1.54, 1.807) is 0 Å².